The first-order valence-electron chi connectivity index (χ1n) is 13.3. The normalized spacial score (nSPS) is 12.5. The Hall–Kier alpha value is -3.57. The molecular formula is C30H33ClF3N3O4S. The van der Waals surface area contributed by atoms with Gasteiger partial charge in [0.25, 0.3) is 10.0 Å². The van der Waals surface area contributed by atoms with Crippen LogP contribution in [0.25, 0.3) is 0 Å². The second-order valence-corrected chi connectivity index (χ2v) is 12.0. The highest BCUT2D eigenvalue weighted by Gasteiger charge is 2.36. The van der Waals surface area contributed by atoms with Gasteiger partial charge >= 0.3 is 6.18 Å². The third-order valence-corrected chi connectivity index (χ3v) is 8.84. The number of carbonyl (C=O) groups excluding carboxylic acids is 2. The first-order valence-corrected chi connectivity index (χ1v) is 15.1. The van der Waals surface area contributed by atoms with Crippen LogP contribution in [0.3, 0.4) is 0 Å². The average Bonchev–Trinajstić information content (AvgIpc) is 2.95. The van der Waals surface area contributed by atoms with Gasteiger partial charge in [-0.3, -0.25) is 13.9 Å². The van der Waals surface area contributed by atoms with Crippen LogP contribution < -0.4 is 9.62 Å². The van der Waals surface area contributed by atoms with Crippen LogP contribution in [-0.2, 0) is 32.3 Å². The molecule has 0 aliphatic rings. The summed E-state index contributed by atoms with van der Waals surface area (Å²) in [5.74, 6) is -1.25. The number of aryl methyl sites for hydroxylation is 1. The number of anilines is 1. The lowest BCUT2D eigenvalue weighted by Gasteiger charge is -2.32. The third-order valence-electron chi connectivity index (χ3n) is 6.75. The van der Waals surface area contributed by atoms with E-state index in [-0.39, 0.29) is 16.5 Å². The van der Waals surface area contributed by atoms with Crippen molar-refractivity contribution < 1.29 is 31.2 Å². The molecule has 3 aromatic rings. The van der Waals surface area contributed by atoms with E-state index in [0.717, 1.165) is 30.5 Å². The molecule has 0 aliphatic heterocycles. The summed E-state index contributed by atoms with van der Waals surface area (Å²) in [4.78, 5) is 28.0. The van der Waals surface area contributed by atoms with Crippen LogP contribution in [-0.4, -0.2) is 44.3 Å². The van der Waals surface area contributed by atoms with Crippen molar-refractivity contribution in [2.45, 2.75) is 57.3 Å². The quantitative estimate of drug-likeness (QED) is 0.244. The molecule has 0 bridgehead atoms. The number of halogens is 4. The van der Waals surface area contributed by atoms with E-state index < -0.39 is 51.9 Å². The summed E-state index contributed by atoms with van der Waals surface area (Å²) in [6, 6.07) is 15.5. The summed E-state index contributed by atoms with van der Waals surface area (Å²) in [5, 5.41) is 2.48. The van der Waals surface area contributed by atoms with Gasteiger partial charge in [-0.25, -0.2) is 8.42 Å². The highest BCUT2D eigenvalue weighted by Crippen LogP contribution is 2.37. The van der Waals surface area contributed by atoms with Crippen LogP contribution in [0.2, 0.25) is 5.02 Å². The first kappa shape index (κ1) is 32.9. The van der Waals surface area contributed by atoms with Gasteiger partial charge in [0.15, 0.2) is 0 Å². The lowest BCUT2D eigenvalue weighted by Crippen LogP contribution is -2.51. The maximum Gasteiger partial charge on any atom is 0.416 e. The van der Waals surface area contributed by atoms with E-state index in [9.17, 15) is 31.2 Å². The van der Waals surface area contributed by atoms with Crippen molar-refractivity contribution in [2.75, 3.05) is 17.4 Å². The molecule has 0 aliphatic carbocycles. The first-order chi connectivity index (χ1) is 19.8. The molecule has 1 atom stereocenters. The predicted molar refractivity (Wildman–Crippen MR) is 157 cm³/mol. The molecule has 226 valence electrons. The van der Waals surface area contributed by atoms with E-state index >= 15 is 0 Å². The van der Waals surface area contributed by atoms with Crippen molar-refractivity contribution in [1.82, 2.24) is 10.2 Å². The Labute approximate surface area is 249 Å². The zero-order valence-electron chi connectivity index (χ0n) is 23.5. The molecule has 0 saturated heterocycles. The maximum absolute atomic E-state index is 14.0. The summed E-state index contributed by atoms with van der Waals surface area (Å²) in [6.07, 6.45) is -3.24. The summed E-state index contributed by atoms with van der Waals surface area (Å²) >= 11 is 6.27. The smallest absolute Gasteiger partial charge is 0.354 e. The Balaban J connectivity index is 2.11. The number of hydrogen-bond donors (Lipinski definition) is 1. The van der Waals surface area contributed by atoms with E-state index in [1.165, 1.54) is 36.1 Å². The van der Waals surface area contributed by atoms with Crippen molar-refractivity contribution in [3.05, 3.63) is 94.5 Å². The molecule has 0 radical (unpaired) electrons. The Morgan fingerprint density at radius 2 is 1.64 bits per heavy atom. The Bertz CT molecular complexity index is 1500. The van der Waals surface area contributed by atoms with E-state index in [1.54, 1.807) is 18.2 Å². The molecule has 3 aromatic carbocycles. The number of nitrogens with zero attached hydrogens (tertiary/aromatic N) is 2. The molecule has 0 heterocycles. The van der Waals surface area contributed by atoms with E-state index in [2.05, 4.69) is 5.32 Å². The highest BCUT2D eigenvalue weighted by atomic mass is 35.5. The number of carbonyl (C=O) groups is 2. The van der Waals surface area contributed by atoms with E-state index in [1.807, 2.05) is 26.0 Å². The van der Waals surface area contributed by atoms with Crippen LogP contribution in [0.4, 0.5) is 18.9 Å². The minimum absolute atomic E-state index is 0.0383. The van der Waals surface area contributed by atoms with Crippen molar-refractivity contribution in [2.24, 2.45) is 0 Å². The van der Waals surface area contributed by atoms with Gasteiger partial charge in [-0.05, 0) is 61.7 Å². The number of amides is 2. The lowest BCUT2D eigenvalue weighted by molar-refractivity contribution is -0.139. The van der Waals surface area contributed by atoms with Crippen LogP contribution in [0.15, 0.2) is 77.7 Å². The monoisotopic (exact) mass is 623 g/mol. The average molecular weight is 624 g/mol. The zero-order valence-corrected chi connectivity index (χ0v) is 25.1. The van der Waals surface area contributed by atoms with E-state index in [4.69, 9.17) is 11.6 Å². The highest BCUT2D eigenvalue weighted by molar-refractivity contribution is 7.92. The fourth-order valence-electron chi connectivity index (χ4n) is 4.20. The summed E-state index contributed by atoms with van der Waals surface area (Å²) in [6.45, 7) is 4.76. The van der Waals surface area contributed by atoms with Gasteiger partial charge in [0, 0.05) is 13.1 Å². The number of hydrogen-bond acceptors (Lipinski definition) is 4. The molecule has 2 amide bonds. The van der Waals surface area contributed by atoms with Crippen LogP contribution in [0.1, 0.15) is 43.4 Å². The Kier molecular flexibility index (Phi) is 11.0. The van der Waals surface area contributed by atoms with Gasteiger partial charge in [-0.2, -0.15) is 13.2 Å². The fraction of sp³-hybridized carbons (Fsp3) is 0.333. The molecule has 3 rings (SSSR count). The van der Waals surface area contributed by atoms with Gasteiger partial charge < -0.3 is 10.2 Å². The lowest BCUT2D eigenvalue weighted by atomic mass is 10.1. The standard InChI is InChI=1S/C30H33ClF3N3O4S/c1-4-5-17-35-29(39)22(3)36(19-23-12-10-9-11-21(23)2)28(38)20-37(42(40,41)25-13-7-6-8-14-25)27-18-24(30(32,33)34)15-16-26(27)31/h6-16,18,22H,4-5,17,19-20H2,1-3H3,(H,35,39)/t22-/m1/s1. The van der Waals surface area contributed by atoms with Gasteiger partial charge in [0.05, 0.1) is 21.2 Å². The topological polar surface area (TPSA) is 86.8 Å². The van der Waals surface area contributed by atoms with E-state index in [0.29, 0.717) is 22.5 Å². The number of benzene rings is 3. The second-order valence-electron chi connectivity index (χ2n) is 9.76. The number of nitrogens with one attached hydrogen (secondary N) is 1. The van der Waals surface area contributed by atoms with Crippen molar-refractivity contribution in [3.63, 3.8) is 0 Å². The predicted octanol–water partition coefficient (Wildman–Crippen LogP) is 6.20. The molecule has 0 saturated carbocycles. The molecule has 0 aromatic heterocycles. The zero-order chi connectivity index (χ0) is 31.1. The molecule has 7 nitrogen and oxygen atoms in total. The van der Waals surface area contributed by atoms with Gasteiger partial charge in [0.1, 0.15) is 12.6 Å². The molecule has 0 unspecified atom stereocenters. The molecule has 0 fully saturated rings. The molecular weight excluding hydrogens is 591 g/mol. The minimum atomic E-state index is -4.80. The van der Waals surface area contributed by atoms with Gasteiger partial charge in [-0.1, -0.05) is 67.4 Å². The second kappa shape index (κ2) is 14.1. The number of sulfonamides is 1. The van der Waals surface area contributed by atoms with Crippen molar-refractivity contribution in [3.8, 4) is 0 Å². The van der Waals surface area contributed by atoms with Crippen molar-refractivity contribution in [1.29, 1.82) is 0 Å². The minimum Gasteiger partial charge on any atom is -0.354 e. The number of rotatable bonds is 12. The van der Waals surface area contributed by atoms with Crippen LogP contribution >= 0.6 is 11.6 Å². The summed E-state index contributed by atoms with van der Waals surface area (Å²) in [5.41, 5.74) is -0.0974. The molecule has 0 spiro atoms. The maximum atomic E-state index is 14.0. The van der Waals surface area contributed by atoms with Gasteiger partial charge in [-0.15, -0.1) is 0 Å². The van der Waals surface area contributed by atoms with Crippen LogP contribution in [0, 0.1) is 6.92 Å². The molecule has 12 heteroatoms. The molecule has 1 N–H and O–H groups in total. The van der Waals surface area contributed by atoms with Crippen molar-refractivity contribution >= 4 is 39.1 Å². The largest absolute Gasteiger partial charge is 0.416 e. The SMILES string of the molecule is CCCCNC(=O)[C@@H](C)N(Cc1ccccc1C)C(=O)CN(c1cc(C(F)(F)F)ccc1Cl)S(=O)(=O)c1ccccc1. The Morgan fingerprint density at radius 3 is 2.26 bits per heavy atom. The van der Waals surface area contributed by atoms with Gasteiger partial charge in [0.2, 0.25) is 11.8 Å². The summed E-state index contributed by atoms with van der Waals surface area (Å²) < 4.78 is 69.2. The molecule has 42 heavy (non-hydrogen) atoms. The van der Waals surface area contributed by atoms with Crippen LogP contribution in [0.5, 0.6) is 0 Å². The fourth-order valence-corrected chi connectivity index (χ4v) is 5.92. The Morgan fingerprint density at radius 1 is 1.00 bits per heavy atom. The number of alkyl halides is 3. The summed E-state index contributed by atoms with van der Waals surface area (Å²) in [7, 11) is -4.58. The third kappa shape index (κ3) is 8.04. The number of unbranched alkanes of at least 4 members (excludes halogenated alkanes) is 1.